The summed E-state index contributed by atoms with van der Waals surface area (Å²) in [5, 5.41) is 11.1. The highest BCUT2D eigenvalue weighted by Crippen LogP contribution is 2.35. The Labute approximate surface area is 215 Å². The summed E-state index contributed by atoms with van der Waals surface area (Å²) in [5.41, 5.74) is 3.57. The number of amides is 1. The summed E-state index contributed by atoms with van der Waals surface area (Å²) in [6, 6.07) is 5.89. The number of alkyl halides is 1. The number of hydrogen-bond acceptors (Lipinski definition) is 9. The van der Waals surface area contributed by atoms with Crippen LogP contribution in [0.25, 0.3) is 16.9 Å². The molecule has 4 heterocycles. The van der Waals surface area contributed by atoms with Crippen LogP contribution in [-0.4, -0.2) is 43.3 Å². The van der Waals surface area contributed by atoms with Gasteiger partial charge in [-0.3, -0.25) is 25.3 Å². The molecule has 0 bridgehead atoms. The Morgan fingerprint density at radius 1 is 1.27 bits per heavy atom. The van der Waals surface area contributed by atoms with E-state index in [1.54, 1.807) is 0 Å². The summed E-state index contributed by atoms with van der Waals surface area (Å²) >= 11 is 1.29. The van der Waals surface area contributed by atoms with Gasteiger partial charge in [-0.25, -0.2) is 9.37 Å². The Kier molecular flexibility index (Phi) is 6.87. The van der Waals surface area contributed by atoms with Crippen molar-refractivity contribution >= 4 is 22.8 Å². The lowest BCUT2D eigenvalue weighted by atomic mass is 9.99. The summed E-state index contributed by atoms with van der Waals surface area (Å²) in [6.45, 7) is 1.36. The van der Waals surface area contributed by atoms with E-state index in [4.69, 9.17) is 4.74 Å². The van der Waals surface area contributed by atoms with Crippen LogP contribution in [-0.2, 0) is 0 Å². The molecule has 1 fully saturated rings. The number of nitrogens with zero attached hydrogens (tertiary/aromatic N) is 5. The number of ether oxygens (including phenoxy) is 1. The zero-order valence-corrected chi connectivity index (χ0v) is 20.8. The lowest BCUT2D eigenvalue weighted by molar-refractivity contribution is 0.0978. The molecular weight excluding hydrogens is 497 g/mol. The van der Waals surface area contributed by atoms with Gasteiger partial charge in [-0.2, -0.15) is 14.9 Å². The summed E-state index contributed by atoms with van der Waals surface area (Å²) in [6.07, 6.45) is 5.05. The van der Waals surface area contributed by atoms with Crippen LogP contribution < -0.4 is 21.0 Å². The number of amidine groups is 1. The van der Waals surface area contributed by atoms with Crippen molar-refractivity contribution in [2.45, 2.75) is 31.3 Å². The standard InChI is InChI=1S/C25H22FN7O3S/c1-14(26)19-10-17(20(36-2)13-27-19)16-11-21(33-23(34)4-3-9-29-33)28-12-18(16)24(35)30-25-32-31-22(37-25)8-7-15-5-6-15/h3-4,9-15,22,31H,5-6H2,1-2H3,(H,30,32,35). The summed E-state index contributed by atoms with van der Waals surface area (Å²) in [5.74, 6) is 6.73. The summed E-state index contributed by atoms with van der Waals surface area (Å²) < 4.78 is 20.7. The van der Waals surface area contributed by atoms with Crippen LogP contribution in [0.5, 0.6) is 5.75 Å². The zero-order valence-electron chi connectivity index (χ0n) is 19.9. The normalized spacial score (nSPS) is 17.2. The summed E-state index contributed by atoms with van der Waals surface area (Å²) in [7, 11) is 1.45. The molecule has 1 aliphatic carbocycles. The molecule has 0 saturated heterocycles. The second-order valence-corrected chi connectivity index (χ2v) is 9.44. The predicted octanol–water partition coefficient (Wildman–Crippen LogP) is 2.81. The number of rotatable bonds is 5. The third kappa shape index (κ3) is 5.46. The van der Waals surface area contributed by atoms with E-state index in [-0.39, 0.29) is 22.4 Å². The van der Waals surface area contributed by atoms with Gasteiger partial charge < -0.3 is 4.74 Å². The maximum Gasteiger partial charge on any atom is 0.272 e. The van der Waals surface area contributed by atoms with Crippen LogP contribution in [0, 0.1) is 17.8 Å². The molecule has 2 N–H and O–H groups in total. The lowest BCUT2D eigenvalue weighted by Crippen LogP contribution is -2.28. The highest BCUT2D eigenvalue weighted by molar-refractivity contribution is 8.14. The third-order valence-corrected chi connectivity index (χ3v) is 6.48. The van der Waals surface area contributed by atoms with Crippen LogP contribution in [0.1, 0.15) is 42.0 Å². The molecule has 1 aliphatic heterocycles. The van der Waals surface area contributed by atoms with Crippen LogP contribution in [0.4, 0.5) is 4.39 Å². The fourth-order valence-corrected chi connectivity index (χ4v) is 4.24. The fraction of sp³-hybridized carbons (Fsp3) is 0.280. The van der Waals surface area contributed by atoms with Crippen LogP contribution in [0.2, 0.25) is 0 Å². The molecule has 12 heteroatoms. The Hall–Kier alpha value is -4.24. The van der Waals surface area contributed by atoms with Crippen molar-refractivity contribution in [1.82, 2.24) is 30.5 Å². The van der Waals surface area contributed by atoms with E-state index in [9.17, 15) is 14.0 Å². The van der Waals surface area contributed by atoms with E-state index in [0.717, 1.165) is 17.5 Å². The van der Waals surface area contributed by atoms with Crippen molar-refractivity contribution in [2.24, 2.45) is 11.0 Å². The van der Waals surface area contributed by atoms with Gasteiger partial charge in [0.25, 0.3) is 11.5 Å². The second-order valence-electron chi connectivity index (χ2n) is 8.35. The third-order valence-electron chi connectivity index (χ3n) is 5.60. The molecule has 2 aliphatic rings. The van der Waals surface area contributed by atoms with Crippen molar-refractivity contribution in [3.63, 3.8) is 0 Å². The molecule has 0 spiro atoms. The predicted molar refractivity (Wildman–Crippen MR) is 137 cm³/mol. The lowest BCUT2D eigenvalue weighted by Gasteiger charge is -2.15. The Morgan fingerprint density at radius 3 is 2.84 bits per heavy atom. The number of carbonyl (C=O) groups is 1. The Morgan fingerprint density at radius 2 is 2.11 bits per heavy atom. The SMILES string of the molecule is COc1cnc(C(C)F)cc1-c1cc(-n2ncccc2=O)ncc1C(=O)NC1=NNC(C#CC2CC2)S1. The van der Waals surface area contributed by atoms with Crippen molar-refractivity contribution in [3.8, 4) is 34.5 Å². The van der Waals surface area contributed by atoms with Crippen LogP contribution >= 0.6 is 11.8 Å². The maximum atomic E-state index is 14.2. The number of pyridine rings is 2. The zero-order chi connectivity index (χ0) is 25.9. The highest BCUT2D eigenvalue weighted by atomic mass is 32.2. The monoisotopic (exact) mass is 519 g/mol. The maximum absolute atomic E-state index is 14.2. The van der Waals surface area contributed by atoms with Crippen molar-refractivity contribution < 1.29 is 13.9 Å². The van der Waals surface area contributed by atoms with E-state index in [1.165, 1.54) is 68.7 Å². The molecule has 0 aromatic carbocycles. The largest absolute Gasteiger partial charge is 0.494 e. The number of hydrazone groups is 1. The Balaban J connectivity index is 1.53. The van der Waals surface area contributed by atoms with E-state index in [0.29, 0.717) is 28.0 Å². The van der Waals surface area contributed by atoms with E-state index in [1.807, 2.05) is 0 Å². The molecule has 37 heavy (non-hydrogen) atoms. The number of halogens is 1. The Bertz CT molecular complexity index is 1510. The number of thioether (sulfide) groups is 1. The van der Waals surface area contributed by atoms with Gasteiger partial charge in [0.15, 0.2) is 16.4 Å². The first-order chi connectivity index (χ1) is 17.9. The van der Waals surface area contributed by atoms with Gasteiger partial charge >= 0.3 is 0 Å². The number of aromatic nitrogens is 4. The average molecular weight is 520 g/mol. The second kappa shape index (κ2) is 10.4. The van der Waals surface area contributed by atoms with E-state index in [2.05, 4.69) is 42.8 Å². The molecule has 10 nitrogen and oxygen atoms in total. The smallest absolute Gasteiger partial charge is 0.272 e. The quantitative estimate of drug-likeness (QED) is 0.494. The van der Waals surface area contributed by atoms with Gasteiger partial charge in [-0.15, -0.1) is 0 Å². The molecular formula is C25H22FN7O3S. The average Bonchev–Trinajstić information content (AvgIpc) is 3.64. The van der Waals surface area contributed by atoms with Crippen LogP contribution in [0.3, 0.4) is 0 Å². The van der Waals surface area contributed by atoms with Gasteiger partial charge in [0.2, 0.25) is 0 Å². The number of nitrogens with one attached hydrogen (secondary N) is 2. The number of methoxy groups -OCH3 is 1. The van der Waals surface area contributed by atoms with E-state index >= 15 is 0 Å². The first-order valence-corrected chi connectivity index (χ1v) is 12.4. The topological polar surface area (TPSA) is 123 Å². The minimum absolute atomic E-state index is 0.158. The van der Waals surface area contributed by atoms with Gasteiger partial charge in [0, 0.05) is 35.5 Å². The van der Waals surface area contributed by atoms with Gasteiger partial charge in [0.1, 0.15) is 11.9 Å². The fourth-order valence-electron chi connectivity index (χ4n) is 3.53. The first-order valence-electron chi connectivity index (χ1n) is 11.5. The van der Waals surface area contributed by atoms with Crippen LogP contribution in [0.15, 0.2) is 52.8 Å². The highest BCUT2D eigenvalue weighted by Gasteiger charge is 2.25. The van der Waals surface area contributed by atoms with Crippen molar-refractivity contribution in [3.05, 3.63) is 64.5 Å². The molecule has 1 amide bonds. The van der Waals surface area contributed by atoms with E-state index < -0.39 is 17.6 Å². The molecule has 1 saturated carbocycles. The molecule has 2 atom stereocenters. The minimum atomic E-state index is -1.36. The first kappa shape index (κ1) is 24.5. The number of hydrogen-bond donors (Lipinski definition) is 2. The van der Waals surface area contributed by atoms with Crippen molar-refractivity contribution in [2.75, 3.05) is 7.11 Å². The summed E-state index contributed by atoms with van der Waals surface area (Å²) in [4.78, 5) is 34.2. The minimum Gasteiger partial charge on any atom is -0.494 e. The van der Waals surface area contributed by atoms with Gasteiger partial charge in [0.05, 0.1) is 24.6 Å². The molecule has 0 radical (unpaired) electrons. The molecule has 2 unspecified atom stereocenters. The van der Waals surface area contributed by atoms with Crippen molar-refractivity contribution in [1.29, 1.82) is 0 Å². The number of carbonyl (C=O) groups excluding carboxylic acids is 1. The molecule has 3 aromatic heterocycles. The van der Waals surface area contributed by atoms with Gasteiger partial charge in [-0.1, -0.05) is 11.8 Å². The van der Waals surface area contributed by atoms with Gasteiger partial charge in [-0.05, 0) is 49.7 Å². The molecule has 5 rings (SSSR count). The molecule has 188 valence electrons. The molecule has 3 aromatic rings.